The van der Waals surface area contributed by atoms with E-state index in [1.54, 1.807) is 41.7 Å². The summed E-state index contributed by atoms with van der Waals surface area (Å²) in [5, 5.41) is 11.5. The molecule has 0 aliphatic carbocycles. The maximum atomic E-state index is 13.0. The van der Waals surface area contributed by atoms with Crippen molar-refractivity contribution >= 4 is 39.1 Å². The van der Waals surface area contributed by atoms with Crippen molar-refractivity contribution < 1.29 is 9.84 Å². The molecule has 1 saturated heterocycles. The van der Waals surface area contributed by atoms with Crippen molar-refractivity contribution in [3.05, 3.63) is 51.8 Å². The molecule has 0 amide bonds. The molecule has 4 heterocycles. The zero-order valence-electron chi connectivity index (χ0n) is 23.7. The van der Waals surface area contributed by atoms with Crippen LogP contribution in [0.5, 0.6) is 5.75 Å². The SMILES string of the molecule is COc1cc2c(cc1-c1cnc(C)s1)nc(C(C)(C)C)n2-c1cc(N2CC(C)(O)C2)c2c(c1)n(C)c(=O)n2C. The van der Waals surface area contributed by atoms with Crippen LogP contribution in [0.3, 0.4) is 0 Å². The fourth-order valence-electron chi connectivity index (χ4n) is 5.65. The van der Waals surface area contributed by atoms with Gasteiger partial charge in [-0.15, -0.1) is 11.3 Å². The molecule has 0 bridgehead atoms. The summed E-state index contributed by atoms with van der Waals surface area (Å²) in [4.78, 5) is 25.8. The number of fused-ring (bicyclic) bond motifs is 2. The second-order valence-electron chi connectivity index (χ2n) is 11.9. The Morgan fingerprint density at radius 2 is 1.79 bits per heavy atom. The number of β-amino-alcohol motifs (C(OH)–C–C–N with tert-alkyl or cyclic N) is 1. The lowest BCUT2D eigenvalue weighted by Crippen LogP contribution is -2.60. The number of thiazole rings is 1. The van der Waals surface area contributed by atoms with Crippen molar-refractivity contribution in [2.24, 2.45) is 14.1 Å². The highest BCUT2D eigenvalue weighted by molar-refractivity contribution is 7.15. The number of hydrogen-bond acceptors (Lipinski definition) is 7. The maximum absolute atomic E-state index is 13.0. The van der Waals surface area contributed by atoms with Gasteiger partial charge in [0.15, 0.2) is 0 Å². The Morgan fingerprint density at radius 3 is 2.38 bits per heavy atom. The minimum Gasteiger partial charge on any atom is -0.496 e. The minimum absolute atomic E-state index is 0.0895. The molecule has 204 valence electrons. The summed E-state index contributed by atoms with van der Waals surface area (Å²) in [7, 11) is 5.28. The van der Waals surface area contributed by atoms with Gasteiger partial charge in [0.2, 0.25) is 0 Å². The summed E-state index contributed by atoms with van der Waals surface area (Å²) < 4.78 is 11.4. The molecule has 0 saturated carbocycles. The van der Waals surface area contributed by atoms with Crippen molar-refractivity contribution in [1.29, 1.82) is 0 Å². The first kappa shape index (κ1) is 25.6. The minimum atomic E-state index is -0.757. The van der Waals surface area contributed by atoms with E-state index in [0.717, 1.165) is 60.5 Å². The van der Waals surface area contributed by atoms with Crippen LogP contribution in [0.15, 0.2) is 35.3 Å². The van der Waals surface area contributed by atoms with E-state index in [1.807, 2.05) is 26.1 Å². The third-order valence-electron chi connectivity index (χ3n) is 7.52. The Kier molecular flexibility index (Phi) is 5.54. The molecule has 2 aromatic carbocycles. The summed E-state index contributed by atoms with van der Waals surface area (Å²) in [5.74, 6) is 1.65. The molecule has 9 nitrogen and oxygen atoms in total. The normalized spacial score (nSPS) is 15.4. The average Bonchev–Trinajstić information content (AvgIpc) is 3.52. The number of hydrogen-bond donors (Lipinski definition) is 1. The number of anilines is 1. The lowest BCUT2D eigenvalue weighted by molar-refractivity contribution is 0.0312. The Hall–Kier alpha value is -3.63. The van der Waals surface area contributed by atoms with Crippen molar-refractivity contribution in [2.75, 3.05) is 25.1 Å². The van der Waals surface area contributed by atoms with E-state index in [0.29, 0.717) is 13.1 Å². The van der Waals surface area contributed by atoms with Crippen molar-refractivity contribution in [3.8, 4) is 21.9 Å². The highest BCUT2D eigenvalue weighted by Gasteiger charge is 2.38. The molecule has 5 aromatic rings. The molecule has 1 aliphatic rings. The van der Waals surface area contributed by atoms with Crippen LogP contribution in [0, 0.1) is 6.92 Å². The van der Waals surface area contributed by atoms with Gasteiger partial charge in [0, 0.05) is 50.4 Å². The molecule has 6 rings (SSSR count). The smallest absolute Gasteiger partial charge is 0.328 e. The van der Waals surface area contributed by atoms with Gasteiger partial charge < -0.3 is 14.7 Å². The molecular formula is C29H34N6O3S. The van der Waals surface area contributed by atoms with E-state index in [9.17, 15) is 9.90 Å². The Labute approximate surface area is 230 Å². The number of benzene rings is 2. The van der Waals surface area contributed by atoms with Crippen molar-refractivity contribution in [3.63, 3.8) is 0 Å². The first-order valence-corrected chi connectivity index (χ1v) is 13.8. The lowest BCUT2D eigenvalue weighted by atomic mass is 9.95. The fraction of sp³-hybridized carbons (Fsp3) is 0.414. The van der Waals surface area contributed by atoms with E-state index in [1.165, 1.54) is 0 Å². The Morgan fingerprint density at radius 1 is 1.08 bits per heavy atom. The first-order valence-electron chi connectivity index (χ1n) is 13.0. The van der Waals surface area contributed by atoms with Crippen LogP contribution in [0.2, 0.25) is 0 Å². The summed E-state index contributed by atoms with van der Waals surface area (Å²) in [6.45, 7) is 11.3. The van der Waals surface area contributed by atoms with Crippen LogP contribution in [0.25, 0.3) is 38.2 Å². The van der Waals surface area contributed by atoms with Crippen LogP contribution in [0.1, 0.15) is 38.5 Å². The predicted octanol–water partition coefficient (Wildman–Crippen LogP) is 4.52. The van der Waals surface area contributed by atoms with Gasteiger partial charge >= 0.3 is 5.69 Å². The lowest BCUT2D eigenvalue weighted by Gasteiger charge is -2.46. The molecule has 39 heavy (non-hydrogen) atoms. The Bertz CT molecular complexity index is 1820. The van der Waals surface area contributed by atoms with Crippen LogP contribution < -0.4 is 15.3 Å². The molecule has 1 aliphatic heterocycles. The van der Waals surface area contributed by atoms with Crippen LogP contribution >= 0.6 is 11.3 Å². The van der Waals surface area contributed by atoms with Gasteiger partial charge in [-0.1, -0.05) is 20.8 Å². The molecule has 0 unspecified atom stereocenters. The van der Waals surface area contributed by atoms with Gasteiger partial charge in [0.1, 0.15) is 11.6 Å². The third-order valence-corrected chi connectivity index (χ3v) is 8.47. The van der Waals surface area contributed by atoms with E-state index in [4.69, 9.17) is 9.72 Å². The van der Waals surface area contributed by atoms with E-state index >= 15 is 0 Å². The highest BCUT2D eigenvalue weighted by Crippen LogP contribution is 2.41. The van der Waals surface area contributed by atoms with Crippen LogP contribution in [0.4, 0.5) is 5.69 Å². The number of methoxy groups -OCH3 is 1. The molecule has 0 atom stereocenters. The second kappa shape index (κ2) is 8.43. The summed E-state index contributed by atoms with van der Waals surface area (Å²) >= 11 is 1.63. The van der Waals surface area contributed by atoms with Crippen molar-refractivity contribution in [2.45, 2.75) is 45.6 Å². The monoisotopic (exact) mass is 546 g/mol. The van der Waals surface area contributed by atoms with Gasteiger partial charge in [0.25, 0.3) is 0 Å². The summed E-state index contributed by atoms with van der Waals surface area (Å²) in [6, 6.07) is 8.29. The zero-order valence-corrected chi connectivity index (χ0v) is 24.5. The zero-order chi connectivity index (χ0) is 28.0. The largest absolute Gasteiger partial charge is 0.496 e. The molecule has 3 aromatic heterocycles. The van der Waals surface area contributed by atoms with Gasteiger partial charge in [-0.2, -0.15) is 0 Å². The molecule has 10 heteroatoms. The number of aromatic nitrogens is 5. The molecule has 1 fully saturated rings. The van der Waals surface area contributed by atoms with Gasteiger partial charge in [0.05, 0.1) is 56.0 Å². The molecular weight excluding hydrogens is 512 g/mol. The van der Waals surface area contributed by atoms with Crippen LogP contribution in [-0.2, 0) is 19.5 Å². The summed E-state index contributed by atoms with van der Waals surface area (Å²) in [5.41, 5.74) is 5.12. The molecule has 0 spiro atoms. The molecule has 1 N–H and O–H groups in total. The van der Waals surface area contributed by atoms with Gasteiger partial charge in [-0.3, -0.25) is 13.7 Å². The number of aliphatic hydroxyl groups is 1. The number of aryl methyl sites for hydroxylation is 3. The van der Waals surface area contributed by atoms with Gasteiger partial charge in [-0.25, -0.2) is 14.8 Å². The van der Waals surface area contributed by atoms with Crippen LogP contribution in [-0.4, -0.2) is 54.6 Å². The second-order valence-corrected chi connectivity index (χ2v) is 13.1. The average molecular weight is 547 g/mol. The Balaban J connectivity index is 1.67. The fourth-order valence-corrected chi connectivity index (χ4v) is 6.44. The van der Waals surface area contributed by atoms with E-state index in [-0.39, 0.29) is 11.1 Å². The molecule has 0 radical (unpaired) electrons. The predicted molar refractivity (Wildman–Crippen MR) is 157 cm³/mol. The van der Waals surface area contributed by atoms with E-state index < -0.39 is 5.60 Å². The maximum Gasteiger partial charge on any atom is 0.328 e. The van der Waals surface area contributed by atoms with E-state index in [2.05, 4.69) is 53.4 Å². The standard InChI is InChI=1S/C29H34N6O3S/c1-16-30-13-24(39-16)18-11-19-20(12-23(18)38-8)35(26(31-19)28(2,3)4)17-9-21-25(33(7)27(36)32(21)6)22(10-17)34-14-29(5,37)15-34/h9-13,37H,14-15H2,1-8H3. The quantitative estimate of drug-likeness (QED) is 0.356. The summed E-state index contributed by atoms with van der Waals surface area (Å²) in [6.07, 6.45) is 1.88. The third kappa shape index (κ3) is 3.96. The van der Waals surface area contributed by atoms with Crippen molar-refractivity contribution in [1.82, 2.24) is 23.7 Å². The highest BCUT2D eigenvalue weighted by atomic mass is 32.1. The first-order chi connectivity index (χ1) is 18.3. The number of nitrogens with zero attached hydrogens (tertiary/aromatic N) is 6. The van der Waals surface area contributed by atoms with Gasteiger partial charge in [-0.05, 0) is 32.0 Å². The number of rotatable bonds is 4. The topological polar surface area (TPSA) is 90.3 Å². The number of imidazole rings is 2. The number of ether oxygens (including phenoxy) is 1.